The topological polar surface area (TPSA) is 75.6 Å². The largest absolute Gasteiger partial charge is 0.481 e. The molecule has 0 aliphatic heterocycles. The number of carboxylic acids is 1. The second-order valence-electron chi connectivity index (χ2n) is 4.62. The number of hydrogen-bond acceptors (Lipinski definition) is 3. The molecule has 0 aliphatic rings. The highest BCUT2D eigenvalue weighted by atomic mass is 16.5. The van der Waals surface area contributed by atoms with Crippen molar-refractivity contribution in [3.8, 4) is 0 Å². The lowest BCUT2D eigenvalue weighted by atomic mass is 9.98. The van der Waals surface area contributed by atoms with Crippen molar-refractivity contribution in [3.05, 3.63) is 0 Å². The number of aliphatic carboxylic acids is 1. The van der Waals surface area contributed by atoms with Gasteiger partial charge in [-0.05, 0) is 27.7 Å². The summed E-state index contributed by atoms with van der Waals surface area (Å²) in [6.07, 6.45) is -0.126. The van der Waals surface area contributed by atoms with Crippen LogP contribution >= 0.6 is 0 Å². The number of hydrogen-bond donors (Lipinski definition) is 2. The Hall–Kier alpha value is -1.10. The molecule has 0 atom stereocenters. The first-order valence-electron chi connectivity index (χ1n) is 4.70. The Labute approximate surface area is 89.8 Å². The minimum absolute atomic E-state index is 0.126. The van der Waals surface area contributed by atoms with Crippen molar-refractivity contribution in [1.29, 1.82) is 0 Å². The van der Waals surface area contributed by atoms with E-state index in [1.54, 1.807) is 27.7 Å². The molecule has 0 heterocycles. The summed E-state index contributed by atoms with van der Waals surface area (Å²) in [6, 6.07) is 0. The second-order valence-corrected chi connectivity index (χ2v) is 4.62. The first-order chi connectivity index (χ1) is 6.60. The monoisotopic (exact) mass is 217 g/mol. The van der Waals surface area contributed by atoms with Crippen LogP contribution in [0.2, 0.25) is 0 Å². The summed E-state index contributed by atoms with van der Waals surface area (Å²) in [4.78, 5) is 22.2. The molecule has 0 saturated heterocycles. The van der Waals surface area contributed by atoms with E-state index < -0.39 is 17.1 Å². The molecule has 5 nitrogen and oxygen atoms in total. The van der Waals surface area contributed by atoms with Gasteiger partial charge in [0.15, 0.2) is 0 Å². The van der Waals surface area contributed by atoms with Gasteiger partial charge >= 0.3 is 5.97 Å². The van der Waals surface area contributed by atoms with Gasteiger partial charge in [0.05, 0.1) is 6.42 Å². The minimum Gasteiger partial charge on any atom is -0.481 e. The number of carboxylic acid groups (broad SMARTS) is 1. The van der Waals surface area contributed by atoms with E-state index in [-0.39, 0.29) is 12.3 Å². The number of rotatable bonds is 5. The zero-order chi connectivity index (χ0) is 12.3. The molecule has 0 aromatic heterocycles. The number of amides is 1. The number of methoxy groups -OCH3 is 1. The Bertz CT molecular complexity index is 258. The highest BCUT2D eigenvalue weighted by Crippen LogP contribution is 2.13. The fraction of sp³-hybridized carbons (Fsp3) is 0.800. The summed E-state index contributed by atoms with van der Waals surface area (Å²) in [7, 11) is 1.43. The van der Waals surface area contributed by atoms with Gasteiger partial charge < -0.3 is 15.2 Å². The summed E-state index contributed by atoms with van der Waals surface area (Å²) in [5, 5.41) is 11.3. The quantitative estimate of drug-likeness (QED) is 0.713. The summed E-state index contributed by atoms with van der Waals surface area (Å²) in [5.41, 5.74) is -1.73. The molecule has 0 bridgehead atoms. The van der Waals surface area contributed by atoms with Gasteiger partial charge in [-0.1, -0.05) is 0 Å². The summed E-state index contributed by atoms with van der Waals surface area (Å²) < 4.78 is 4.99. The van der Waals surface area contributed by atoms with Gasteiger partial charge in [0.2, 0.25) is 0 Å². The molecular weight excluding hydrogens is 198 g/mol. The van der Waals surface area contributed by atoms with Gasteiger partial charge in [-0.2, -0.15) is 0 Å². The molecule has 0 radical (unpaired) electrons. The highest BCUT2D eigenvalue weighted by Gasteiger charge is 2.32. The Morgan fingerprint density at radius 2 is 1.73 bits per heavy atom. The SMILES string of the molecule is COC(C)(C)C(=O)NC(C)(C)CC(=O)O. The third kappa shape index (κ3) is 4.78. The van der Waals surface area contributed by atoms with Gasteiger partial charge in [0.25, 0.3) is 5.91 Å². The van der Waals surface area contributed by atoms with Crippen LogP contribution in [0.4, 0.5) is 0 Å². The minimum atomic E-state index is -0.949. The van der Waals surface area contributed by atoms with Gasteiger partial charge in [-0.15, -0.1) is 0 Å². The van der Waals surface area contributed by atoms with Gasteiger partial charge in [-0.25, -0.2) is 0 Å². The molecule has 0 spiro atoms. The van der Waals surface area contributed by atoms with Gasteiger partial charge in [0.1, 0.15) is 5.60 Å². The third-order valence-corrected chi connectivity index (χ3v) is 2.10. The lowest BCUT2D eigenvalue weighted by Gasteiger charge is -2.30. The zero-order valence-electron chi connectivity index (χ0n) is 9.88. The van der Waals surface area contributed by atoms with Crippen molar-refractivity contribution in [2.24, 2.45) is 0 Å². The number of nitrogens with one attached hydrogen (secondary N) is 1. The lowest BCUT2D eigenvalue weighted by molar-refractivity contribution is -0.143. The van der Waals surface area contributed by atoms with Crippen LogP contribution in [0.25, 0.3) is 0 Å². The number of carbonyl (C=O) groups is 2. The first kappa shape index (κ1) is 13.9. The van der Waals surface area contributed by atoms with E-state index in [1.165, 1.54) is 7.11 Å². The van der Waals surface area contributed by atoms with Crippen molar-refractivity contribution >= 4 is 11.9 Å². The Balaban J connectivity index is 4.46. The van der Waals surface area contributed by atoms with Crippen molar-refractivity contribution in [3.63, 3.8) is 0 Å². The molecule has 0 fully saturated rings. The molecule has 1 amide bonds. The molecular formula is C10H19NO4. The maximum Gasteiger partial charge on any atom is 0.305 e. The summed E-state index contributed by atoms with van der Waals surface area (Å²) in [6.45, 7) is 6.56. The molecule has 0 aromatic rings. The third-order valence-electron chi connectivity index (χ3n) is 2.10. The average Bonchev–Trinajstić information content (AvgIpc) is 2.00. The van der Waals surface area contributed by atoms with Crippen LogP contribution in [-0.4, -0.2) is 35.2 Å². The standard InChI is InChI=1S/C10H19NO4/c1-9(2,6-7(12)13)11-8(14)10(3,4)15-5/h6H2,1-5H3,(H,11,14)(H,12,13). The number of ether oxygens (including phenoxy) is 1. The second kappa shape index (κ2) is 4.61. The molecule has 88 valence electrons. The number of carbonyl (C=O) groups excluding carboxylic acids is 1. The van der Waals surface area contributed by atoms with E-state index in [1.807, 2.05) is 0 Å². The Morgan fingerprint density at radius 1 is 1.27 bits per heavy atom. The van der Waals surface area contributed by atoms with Crippen LogP contribution in [0.15, 0.2) is 0 Å². The van der Waals surface area contributed by atoms with E-state index in [2.05, 4.69) is 5.32 Å². The van der Waals surface area contributed by atoms with Gasteiger partial charge in [0, 0.05) is 12.6 Å². The normalized spacial score (nSPS) is 12.3. The molecule has 0 rings (SSSR count). The lowest BCUT2D eigenvalue weighted by Crippen LogP contribution is -2.53. The predicted octanol–water partition coefficient (Wildman–Crippen LogP) is 0.781. The fourth-order valence-electron chi connectivity index (χ4n) is 0.973. The average molecular weight is 217 g/mol. The van der Waals surface area contributed by atoms with Crippen LogP contribution in [0.1, 0.15) is 34.1 Å². The molecule has 0 unspecified atom stereocenters. The highest BCUT2D eigenvalue weighted by molar-refractivity contribution is 5.85. The van der Waals surface area contributed by atoms with Crippen LogP contribution in [0.5, 0.6) is 0 Å². The van der Waals surface area contributed by atoms with Crippen molar-refractivity contribution in [1.82, 2.24) is 5.32 Å². The van der Waals surface area contributed by atoms with E-state index in [0.717, 1.165) is 0 Å². The van der Waals surface area contributed by atoms with Crippen molar-refractivity contribution in [2.45, 2.75) is 45.3 Å². The fourth-order valence-corrected chi connectivity index (χ4v) is 0.973. The maximum absolute atomic E-state index is 11.7. The first-order valence-corrected chi connectivity index (χ1v) is 4.70. The molecule has 0 saturated carbocycles. The Morgan fingerprint density at radius 3 is 2.07 bits per heavy atom. The summed E-state index contributed by atoms with van der Waals surface area (Å²) in [5.74, 6) is -1.27. The van der Waals surface area contributed by atoms with E-state index in [9.17, 15) is 9.59 Å². The zero-order valence-corrected chi connectivity index (χ0v) is 9.88. The maximum atomic E-state index is 11.7. The van der Waals surface area contributed by atoms with Gasteiger partial charge in [-0.3, -0.25) is 9.59 Å². The van der Waals surface area contributed by atoms with E-state index in [4.69, 9.17) is 9.84 Å². The molecule has 0 aliphatic carbocycles. The molecule has 0 aromatic carbocycles. The van der Waals surface area contributed by atoms with Crippen LogP contribution < -0.4 is 5.32 Å². The predicted molar refractivity (Wildman–Crippen MR) is 55.6 cm³/mol. The summed E-state index contributed by atoms with van der Waals surface area (Å²) >= 11 is 0. The van der Waals surface area contributed by atoms with Crippen molar-refractivity contribution in [2.75, 3.05) is 7.11 Å². The molecule has 15 heavy (non-hydrogen) atoms. The van der Waals surface area contributed by atoms with Crippen LogP contribution in [0, 0.1) is 0 Å². The van der Waals surface area contributed by atoms with E-state index in [0.29, 0.717) is 0 Å². The van der Waals surface area contributed by atoms with Crippen LogP contribution in [-0.2, 0) is 14.3 Å². The Kier molecular flexibility index (Phi) is 4.27. The van der Waals surface area contributed by atoms with E-state index >= 15 is 0 Å². The molecule has 2 N–H and O–H groups in total. The molecule has 5 heteroatoms. The smallest absolute Gasteiger partial charge is 0.305 e. The van der Waals surface area contributed by atoms with Crippen LogP contribution in [0.3, 0.4) is 0 Å². The van der Waals surface area contributed by atoms with Crippen molar-refractivity contribution < 1.29 is 19.4 Å².